The van der Waals surface area contributed by atoms with Crippen molar-refractivity contribution in [2.75, 3.05) is 13.2 Å². The number of carboxylic acids is 1. The molecule has 20 heavy (non-hydrogen) atoms. The summed E-state index contributed by atoms with van der Waals surface area (Å²) in [6.07, 6.45) is 0.333. The Bertz CT molecular complexity index is 347. The zero-order valence-electron chi connectivity index (χ0n) is 12.4. The third kappa shape index (κ3) is 9.32. The van der Waals surface area contributed by atoms with Crippen LogP contribution in [-0.2, 0) is 23.9 Å². The minimum Gasteiger partial charge on any atom is -0.480 e. The van der Waals surface area contributed by atoms with Gasteiger partial charge in [-0.3, -0.25) is 9.59 Å². The number of hydrogen-bond donors (Lipinski definition) is 2. The molecule has 0 bridgehead atoms. The minimum absolute atomic E-state index is 0.230. The van der Waals surface area contributed by atoms with Crippen LogP contribution in [0.25, 0.3) is 0 Å². The van der Waals surface area contributed by atoms with Crippen molar-refractivity contribution in [3.05, 3.63) is 0 Å². The van der Waals surface area contributed by atoms with Crippen LogP contribution in [0.5, 0.6) is 0 Å². The standard InChI is InChI=1S/C13H23NO6/c1-5-6-19-8-10(15)14-9(12(17)18)7-11(16)20-13(2,3)4/h9H,5-8H2,1-4H3,(H,14,15)(H,17,18)/t9-/m0/s1. The van der Waals surface area contributed by atoms with E-state index in [1.807, 2.05) is 6.92 Å². The maximum atomic E-state index is 11.5. The maximum absolute atomic E-state index is 11.5. The van der Waals surface area contributed by atoms with Crippen LogP contribution in [0.4, 0.5) is 0 Å². The summed E-state index contributed by atoms with van der Waals surface area (Å²) in [6.45, 7) is 7.11. The van der Waals surface area contributed by atoms with Crippen LogP contribution in [0, 0.1) is 0 Å². The molecule has 0 aromatic heterocycles. The first-order valence-electron chi connectivity index (χ1n) is 6.47. The van der Waals surface area contributed by atoms with Crippen LogP contribution in [0.2, 0.25) is 0 Å². The number of aliphatic carboxylic acids is 1. The molecule has 2 N–H and O–H groups in total. The highest BCUT2D eigenvalue weighted by atomic mass is 16.6. The molecule has 0 spiro atoms. The molecule has 0 rings (SSSR count). The van der Waals surface area contributed by atoms with Gasteiger partial charge in [-0.1, -0.05) is 6.92 Å². The lowest BCUT2D eigenvalue weighted by Gasteiger charge is -2.21. The molecule has 0 radical (unpaired) electrons. The van der Waals surface area contributed by atoms with Gasteiger partial charge in [-0.2, -0.15) is 0 Å². The van der Waals surface area contributed by atoms with Crippen molar-refractivity contribution in [2.24, 2.45) is 0 Å². The van der Waals surface area contributed by atoms with E-state index in [2.05, 4.69) is 5.32 Å². The van der Waals surface area contributed by atoms with E-state index >= 15 is 0 Å². The molecule has 0 saturated carbocycles. The van der Waals surface area contributed by atoms with E-state index in [1.165, 1.54) is 0 Å². The topological polar surface area (TPSA) is 102 Å². The maximum Gasteiger partial charge on any atom is 0.326 e. The average Bonchev–Trinajstić information content (AvgIpc) is 2.25. The third-order valence-corrected chi connectivity index (χ3v) is 2.01. The Labute approximate surface area is 118 Å². The lowest BCUT2D eigenvalue weighted by Crippen LogP contribution is -2.44. The average molecular weight is 289 g/mol. The van der Waals surface area contributed by atoms with Gasteiger partial charge in [0.25, 0.3) is 0 Å². The van der Waals surface area contributed by atoms with Gasteiger partial charge in [0.05, 0.1) is 6.42 Å². The smallest absolute Gasteiger partial charge is 0.326 e. The molecule has 0 aliphatic carbocycles. The van der Waals surface area contributed by atoms with Crippen LogP contribution >= 0.6 is 0 Å². The molecule has 7 heteroatoms. The zero-order valence-corrected chi connectivity index (χ0v) is 12.4. The fourth-order valence-electron chi connectivity index (χ4n) is 1.30. The predicted molar refractivity (Wildman–Crippen MR) is 71.1 cm³/mol. The normalized spacial score (nSPS) is 12.6. The van der Waals surface area contributed by atoms with Crippen molar-refractivity contribution >= 4 is 17.8 Å². The summed E-state index contributed by atoms with van der Waals surface area (Å²) in [5, 5.41) is 11.2. The van der Waals surface area contributed by atoms with Crippen LogP contribution < -0.4 is 5.32 Å². The number of esters is 1. The molecule has 0 heterocycles. The zero-order chi connectivity index (χ0) is 15.8. The Morgan fingerprint density at radius 1 is 1.25 bits per heavy atom. The molecule has 0 saturated heterocycles. The Hall–Kier alpha value is -1.63. The second-order valence-electron chi connectivity index (χ2n) is 5.30. The first-order chi connectivity index (χ1) is 9.15. The number of hydrogen-bond acceptors (Lipinski definition) is 5. The molecule has 0 aliphatic rings. The Balaban J connectivity index is 4.33. The van der Waals surface area contributed by atoms with E-state index in [-0.39, 0.29) is 6.61 Å². The highest BCUT2D eigenvalue weighted by Gasteiger charge is 2.26. The molecule has 0 aromatic carbocycles. The second-order valence-corrected chi connectivity index (χ2v) is 5.30. The summed E-state index contributed by atoms with van der Waals surface area (Å²) >= 11 is 0. The summed E-state index contributed by atoms with van der Waals surface area (Å²) < 4.78 is 10.0. The van der Waals surface area contributed by atoms with Gasteiger partial charge in [-0.15, -0.1) is 0 Å². The molecule has 0 aliphatic heterocycles. The molecule has 0 fully saturated rings. The van der Waals surface area contributed by atoms with Crippen molar-refractivity contribution in [1.82, 2.24) is 5.32 Å². The first-order valence-corrected chi connectivity index (χ1v) is 6.47. The van der Waals surface area contributed by atoms with Crippen molar-refractivity contribution < 1.29 is 29.0 Å². The Morgan fingerprint density at radius 2 is 1.85 bits per heavy atom. The van der Waals surface area contributed by atoms with Gasteiger partial charge in [-0.05, 0) is 27.2 Å². The van der Waals surface area contributed by atoms with E-state index in [9.17, 15) is 14.4 Å². The highest BCUT2D eigenvalue weighted by Crippen LogP contribution is 2.09. The molecule has 0 aromatic rings. The van der Waals surface area contributed by atoms with Gasteiger partial charge >= 0.3 is 11.9 Å². The number of carbonyl (C=O) groups excluding carboxylic acids is 2. The van der Waals surface area contributed by atoms with E-state index in [0.29, 0.717) is 6.61 Å². The molecule has 1 atom stereocenters. The first kappa shape index (κ1) is 18.4. The van der Waals surface area contributed by atoms with Crippen LogP contribution in [0.1, 0.15) is 40.5 Å². The lowest BCUT2D eigenvalue weighted by molar-refractivity contribution is -0.158. The summed E-state index contributed by atoms with van der Waals surface area (Å²) in [7, 11) is 0. The Kier molecular flexibility index (Phi) is 7.83. The summed E-state index contributed by atoms with van der Waals surface area (Å²) in [4.78, 5) is 34.0. The monoisotopic (exact) mass is 289 g/mol. The fourth-order valence-corrected chi connectivity index (χ4v) is 1.30. The SMILES string of the molecule is CCCOCC(=O)N[C@@H](CC(=O)OC(C)(C)C)C(=O)O. The number of carboxylic acid groups (broad SMARTS) is 1. The van der Waals surface area contributed by atoms with Crippen molar-refractivity contribution in [2.45, 2.75) is 52.2 Å². The van der Waals surface area contributed by atoms with Crippen LogP contribution in [-0.4, -0.2) is 47.8 Å². The van der Waals surface area contributed by atoms with Gasteiger partial charge in [0.2, 0.25) is 5.91 Å². The molecule has 1 amide bonds. The van der Waals surface area contributed by atoms with E-state index in [1.54, 1.807) is 20.8 Å². The number of ether oxygens (including phenoxy) is 2. The predicted octanol–water partition coefficient (Wildman–Crippen LogP) is 0.714. The minimum atomic E-state index is -1.32. The third-order valence-electron chi connectivity index (χ3n) is 2.01. The van der Waals surface area contributed by atoms with Crippen molar-refractivity contribution in [1.29, 1.82) is 0 Å². The summed E-state index contributed by atoms with van der Waals surface area (Å²) in [6, 6.07) is -1.32. The van der Waals surface area contributed by atoms with Gasteiger partial charge < -0.3 is 19.9 Å². The van der Waals surface area contributed by atoms with E-state index in [4.69, 9.17) is 14.6 Å². The van der Waals surface area contributed by atoms with Gasteiger partial charge in [0, 0.05) is 6.61 Å². The number of rotatable bonds is 8. The Morgan fingerprint density at radius 3 is 2.30 bits per heavy atom. The fraction of sp³-hybridized carbons (Fsp3) is 0.769. The van der Waals surface area contributed by atoms with Crippen LogP contribution in [0.3, 0.4) is 0 Å². The number of carbonyl (C=O) groups is 3. The molecule has 0 unspecified atom stereocenters. The van der Waals surface area contributed by atoms with Crippen LogP contribution in [0.15, 0.2) is 0 Å². The summed E-state index contributed by atoms with van der Waals surface area (Å²) in [5.41, 5.74) is -0.700. The highest BCUT2D eigenvalue weighted by molar-refractivity contribution is 5.87. The summed E-state index contributed by atoms with van der Waals surface area (Å²) in [5.74, 6) is -2.55. The second kappa shape index (κ2) is 8.52. The van der Waals surface area contributed by atoms with Gasteiger partial charge in [-0.25, -0.2) is 4.79 Å². The lowest BCUT2D eigenvalue weighted by atomic mass is 10.1. The van der Waals surface area contributed by atoms with Crippen molar-refractivity contribution in [3.63, 3.8) is 0 Å². The quantitative estimate of drug-likeness (QED) is 0.504. The van der Waals surface area contributed by atoms with E-state index < -0.39 is 35.9 Å². The van der Waals surface area contributed by atoms with Gasteiger partial charge in [0.1, 0.15) is 18.2 Å². The molecular formula is C13H23NO6. The number of nitrogens with one attached hydrogen (secondary N) is 1. The number of amides is 1. The van der Waals surface area contributed by atoms with E-state index in [0.717, 1.165) is 6.42 Å². The molecular weight excluding hydrogens is 266 g/mol. The molecule has 116 valence electrons. The molecule has 7 nitrogen and oxygen atoms in total. The van der Waals surface area contributed by atoms with Crippen molar-refractivity contribution in [3.8, 4) is 0 Å². The largest absolute Gasteiger partial charge is 0.480 e. The van der Waals surface area contributed by atoms with Gasteiger partial charge in [0.15, 0.2) is 0 Å².